The summed E-state index contributed by atoms with van der Waals surface area (Å²) in [5.74, 6) is 0.709. The topological polar surface area (TPSA) is 21.3 Å². The van der Waals surface area contributed by atoms with Gasteiger partial charge in [-0.25, -0.2) is 0 Å². The van der Waals surface area contributed by atoms with Crippen LogP contribution in [0, 0.1) is 13.8 Å². The summed E-state index contributed by atoms with van der Waals surface area (Å²) in [5, 5.41) is 4.10. The van der Waals surface area contributed by atoms with Gasteiger partial charge in [-0.15, -0.1) is 0 Å². The van der Waals surface area contributed by atoms with Crippen molar-refractivity contribution in [2.75, 3.05) is 5.32 Å². The van der Waals surface area contributed by atoms with Crippen LogP contribution >= 0.6 is 11.6 Å². The molecule has 0 saturated carbocycles. The summed E-state index contributed by atoms with van der Waals surface area (Å²) >= 11 is 6.38. The predicted octanol–water partition coefficient (Wildman–Crippen LogP) is 6.15. The minimum atomic E-state index is 0.515. The minimum Gasteiger partial charge on any atom is -0.487 e. The van der Waals surface area contributed by atoms with Crippen LogP contribution in [0.4, 0.5) is 5.69 Å². The van der Waals surface area contributed by atoms with E-state index in [1.54, 1.807) is 0 Å². The second-order valence-electron chi connectivity index (χ2n) is 6.21. The second-order valence-corrected chi connectivity index (χ2v) is 6.62. The smallest absolute Gasteiger partial charge is 0.138 e. The van der Waals surface area contributed by atoms with Crippen molar-refractivity contribution in [1.82, 2.24) is 0 Å². The predicted molar refractivity (Wildman–Crippen MR) is 105 cm³/mol. The van der Waals surface area contributed by atoms with Crippen LogP contribution in [0.5, 0.6) is 5.75 Å². The quantitative estimate of drug-likeness (QED) is 0.575. The summed E-state index contributed by atoms with van der Waals surface area (Å²) in [4.78, 5) is 0. The van der Waals surface area contributed by atoms with Crippen LogP contribution in [0.2, 0.25) is 5.02 Å². The van der Waals surface area contributed by atoms with Crippen LogP contribution in [0.1, 0.15) is 22.3 Å². The van der Waals surface area contributed by atoms with Crippen molar-refractivity contribution in [2.24, 2.45) is 0 Å². The average molecular weight is 352 g/mol. The fourth-order valence-corrected chi connectivity index (χ4v) is 2.97. The van der Waals surface area contributed by atoms with E-state index in [0.717, 1.165) is 23.4 Å². The lowest BCUT2D eigenvalue weighted by Gasteiger charge is -2.12. The van der Waals surface area contributed by atoms with Crippen LogP contribution < -0.4 is 10.1 Å². The third-order valence-corrected chi connectivity index (χ3v) is 4.39. The Hall–Kier alpha value is -2.45. The molecule has 3 heteroatoms. The number of halogens is 1. The molecule has 0 spiro atoms. The molecule has 128 valence electrons. The molecule has 0 aromatic heterocycles. The first-order valence-electron chi connectivity index (χ1n) is 8.38. The second kappa shape index (κ2) is 8.09. The Kier molecular flexibility index (Phi) is 5.62. The van der Waals surface area contributed by atoms with Crippen LogP contribution in [-0.4, -0.2) is 0 Å². The molecular weight excluding hydrogens is 330 g/mol. The van der Waals surface area contributed by atoms with Crippen molar-refractivity contribution >= 4 is 17.3 Å². The summed E-state index contributed by atoms with van der Waals surface area (Å²) in [6, 6.07) is 22.4. The summed E-state index contributed by atoms with van der Waals surface area (Å²) < 4.78 is 5.82. The van der Waals surface area contributed by atoms with Gasteiger partial charge in [0.2, 0.25) is 0 Å². The van der Waals surface area contributed by atoms with Gasteiger partial charge in [0.15, 0.2) is 0 Å². The SMILES string of the molecule is Cc1ccc(NCc2ccc(OCc3ccccc3)c(Cl)c2)c(C)c1. The first kappa shape index (κ1) is 17.4. The maximum absolute atomic E-state index is 6.38. The molecule has 0 heterocycles. The van der Waals surface area contributed by atoms with Crippen molar-refractivity contribution in [2.45, 2.75) is 27.0 Å². The molecule has 2 nitrogen and oxygen atoms in total. The van der Waals surface area contributed by atoms with E-state index in [4.69, 9.17) is 16.3 Å². The highest BCUT2D eigenvalue weighted by atomic mass is 35.5. The molecule has 0 unspecified atom stereocenters. The standard InChI is InChI=1S/C22H22ClNO/c1-16-8-10-21(17(2)12-16)24-14-19-9-11-22(20(23)13-19)25-15-18-6-4-3-5-7-18/h3-13,24H,14-15H2,1-2H3. The Labute approximate surface area is 154 Å². The summed E-state index contributed by atoms with van der Waals surface area (Å²) in [7, 11) is 0. The number of anilines is 1. The Balaban J connectivity index is 1.61. The van der Waals surface area contributed by atoms with E-state index >= 15 is 0 Å². The number of hydrogen-bond donors (Lipinski definition) is 1. The van der Waals surface area contributed by atoms with E-state index in [0.29, 0.717) is 17.4 Å². The molecule has 0 fully saturated rings. The van der Waals surface area contributed by atoms with Gasteiger partial charge in [0.05, 0.1) is 5.02 Å². The molecule has 1 N–H and O–H groups in total. The molecule has 0 aliphatic heterocycles. The maximum atomic E-state index is 6.38. The Bertz CT molecular complexity index is 846. The van der Waals surface area contributed by atoms with Gasteiger partial charge < -0.3 is 10.1 Å². The van der Waals surface area contributed by atoms with Crippen molar-refractivity contribution in [1.29, 1.82) is 0 Å². The molecule has 3 rings (SSSR count). The van der Waals surface area contributed by atoms with E-state index in [-0.39, 0.29) is 0 Å². The minimum absolute atomic E-state index is 0.515. The average Bonchev–Trinajstić information content (AvgIpc) is 2.61. The van der Waals surface area contributed by atoms with E-state index in [1.807, 2.05) is 48.5 Å². The lowest BCUT2D eigenvalue weighted by atomic mass is 10.1. The largest absolute Gasteiger partial charge is 0.487 e. The van der Waals surface area contributed by atoms with Gasteiger partial charge in [-0.3, -0.25) is 0 Å². The fraction of sp³-hybridized carbons (Fsp3) is 0.182. The van der Waals surface area contributed by atoms with Crippen molar-refractivity contribution in [3.63, 3.8) is 0 Å². The Morgan fingerprint density at radius 2 is 1.68 bits per heavy atom. The van der Waals surface area contributed by atoms with Crippen molar-refractivity contribution in [3.05, 3.63) is 94.0 Å². The van der Waals surface area contributed by atoms with Crippen LogP contribution in [0.25, 0.3) is 0 Å². The van der Waals surface area contributed by atoms with Crippen molar-refractivity contribution in [3.8, 4) is 5.75 Å². The Morgan fingerprint density at radius 3 is 2.40 bits per heavy atom. The van der Waals surface area contributed by atoms with Gasteiger partial charge in [0.1, 0.15) is 12.4 Å². The molecule has 0 radical (unpaired) electrons. The lowest BCUT2D eigenvalue weighted by Crippen LogP contribution is -2.02. The molecule has 0 aliphatic rings. The van der Waals surface area contributed by atoms with E-state index in [9.17, 15) is 0 Å². The summed E-state index contributed by atoms with van der Waals surface area (Å²) in [6.07, 6.45) is 0. The first-order valence-corrected chi connectivity index (χ1v) is 8.76. The first-order chi connectivity index (χ1) is 12.1. The fourth-order valence-electron chi connectivity index (χ4n) is 2.72. The highest BCUT2D eigenvalue weighted by Gasteiger charge is 2.05. The highest BCUT2D eigenvalue weighted by Crippen LogP contribution is 2.27. The van der Waals surface area contributed by atoms with Gasteiger partial charge in [0.25, 0.3) is 0 Å². The maximum Gasteiger partial charge on any atom is 0.138 e. The van der Waals surface area contributed by atoms with Crippen molar-refractivity contribution < 1.29 is 4.74 Å². The monoisotopic (exact) mass is 351 g/mol. The number of aryl methyl sites for hydroxylation is 2. The van der Waals surface area contributed by atoms with Gasteiger partial charge >= 0.3 is 0 Å². The van der Waals surface area contributed by atoms with Gasteiger partial charge in [-0.05, 0) is 48.7 Å². The lowest BCUT2D eigenvalue weighted by molar-refractivity contribution is 0.306. The van der Waals surface area contributed by atoms with Gasteiger partial charge in [0, 0.05) is 12.2 Å². The summed E-state index contributed by atoms with van der Waals surface area (Å²) in [6.45, 7) is 5.46. The molecule has 0 saturated heterocycles. The molecule has 0 amide bonds. The van der Waals surface area contributed by atoms with E-state index in [1.165, 1.54) is 11.1 Å². The number of benzene rings is 3. The molecule has 3 aromatic rings. The van der Waals surface area contributed by atoms with Crippen LogP contribution in [-0.2, 0) is 13.2 Å². The van der Waals surface area contributed by atoms with Gasteiger partial charge in [-0.2, -0.15) is 0 Å². The zero-order chi connectivity index (χ0) is 17.6. The van der Waals surface area contributed by atoms with E-state index in [2.05, 4.69) is 37.4 Å². The van der Waals surface area contributed by atoms with Crippen LogP contribution in [0.15, 0.2) is 66.7 Å². The number of nitrogens with one attached hydrogen (secondary N) is 1. The van der Waals surface area contributed by atoms with Gasteiger partial charge in [-0.1, -0.05) is 65.7 Å². The molecule has 25 heavy (non-hydrogen) atoms. The third kappa shape index (κ3) is 4.77. The highest BCUT2D eigenvalue weighted by molar-refractivity contribution is 6.32. The van der Waals surface area contributed by atoms with Crippen LogP contribution in [0.3, 0.4) is 0 Å². The molecule has 0 atom stereocenters. The molecule has 3 aromatic carbocycles. The van der Waals surface area contributed by atoms with E-state index < -0.39 is 0 Å². The Morgan fingerprint density at radius 1 is 0.880 bits per heavy atom. The third-order valence-electron chi connectivity index (χ3n) is 4.10. The number of hydrogen-bond acceptors (Lipinski definition) is 2. The molecule has 0 bridgehead atoms. The summed E-state index contributed by atoms with van der Waals surface area (Å²) in [5.41, 5.74) is 5.90. The molecule has 0 aliphatic carbocycles. The zero-order valence-electron chi connectivity index (χ0n) is 14.6. The normalized spacial score (nSPS) is 10.5. The number of rotatable bonds is 6. The number of ether oxygens (including phenoxy) is 1. The molecular formula is C22H22ClNO. The zero-order valence-corrected chi connectivity index (χ0v) is 15.3.